The van der Waals surface area contributed by atoms with E-state index < -0.39 is 11.7 Å². The van der Waals surface area contributed by atoms with Crippen molar-refractivity contribution in [3.63, 3.8) is 0 Å². The van der Waals surface area contributed by atoms with E-state index in [1.807, 2.05) is 12.1 Å². The van der Waals surface area contributed by atoms with Gasteiger partial charge in [-0.25, -0.2) is 0 Å². The summed E-state index contributed by atoms with van der Waals surface area (Å²) in [6.45, 7) is 0.862. The molecule has 4 nitrogen and oxygen atoms in total. The van der Waals surface area contributed by atoms with Crippen LogP contribution in [-0.2, 0) is 9.53 Å². The van der Waals surface area contributed by atoms with Crippen LogP contribution in [0.4, 0.5) is 5.69 Å². The molecule has 100 valence electrons. The van der Waals surface area contributed by atoms with Crippen LogP contribution in [0.25, 0.3) is 0 Å². The van der Waals surface area contributed by atoms with E-state index >= 15 is 0 Å². The first-order chi connectivity index (χ1) is 9.16. The van der Waals surface area contributed by atoms with E-state index in [2.05, 4.69) is 0 Å². The summed E-state index contributed by atoms with van der Waals surface area (Å²) < 4.78 is 5.58. The lowest BCUT2D eigenvalue weighted by molar-refractivity contribution is -0.114. The summed E-state index contributed by atoms with van der Waals surface area (Å²) in [7, 11) is 1.64. The number of benzene rings is 1. The van der Waals surface area contributed by atoms with Crippen LogP contribution in [0.15, 0.2) is 23.1 Å². The van der Waals surface area contributed by atoms with Crippen LogP contribution >= 0.6 is 11.8 Å². The first kappa shape index (κ1) is 12.7. The zero-order chi connectivity index (χ0) is 13.4. The quantitative estimate of drug-likeness (QED) is 0.627. The van der Waals surface area contributed by atoms with Crippen molar-refractivity contribution in [1.82, 2.24) is 0 Å². The molecule has 2 aliphatic heterocycles. The van der Waals surface area contributed by atoms with Gasteiger partial charge in [-0.05, 0) is 31.0 Å². The molecule has 2 heterocycles. The van der Waals surface area contributed by atoms with Gasteiger partial charge in [-0.1, -0.05) is 0 Å². The molecular formula is C14H15NO3S. The topological polar surface area (TPSA) is 46.6 Å². The second-order valence-corrected chi connectivity index (χ2v) is 5.91. The fourth-order valence-electron chi connectivity index (χ4n) is 2.41. The number of thioether (sulfide) groups is 1. The van der Waals surface area contributed by atoms with Crippen molar-refractivity contribution in [1.29, 1.82) is 0 Å². The molecule has 1 unspecified atom stereocenters. The minimum atomic E-state index is -0.448. The second kappa shape index (κ2) is 4.98. The third-order valence-electron chi connectivity index (χ3n) is 3.53. The Morgan fingerprint density at radius 3 is 3.00 bits per heavy atom. The van der Waals surface area contributed by atoms with Gasteiger partial charge in [0.05, 0.1) is 17.4 Å². The van der Waals surface area contributed by atoms with Crippen molar-refractivity contribution in [2.45, 2.75) is 23.8 Å². The number of carbonyl (C=O) groups is 2. The molecule has 0 N–H and O–H groups in total. The predicted molar refractivity (Wildman–Crippen MR) is 73.9 cm³/mol. The van der Waals surface area contributed by atoms with Crippen molar-refractivity contribution in [3.8, 4) is 0 Å². The number of Topliss-reactive ketones (excluding diaryl/α,β-unsaturated/α-hetero) is 1. The lowest BCUT2D eigenvalue weighted by atomic mass is 10.1. The highest BCUT2D eigenvalue weighted by molar-refractivity contribution is 7.99. The summed E-state index contributed by atoms with van der Waals surface area (Å²) in [5.74, 6) is 0.0640. The second-order valence-electron chi connectivity index (χ2n) is 4.82. The molecule has 19 heavy (non-hydrogen) atoms. The van der Waals surface area contributed by atoms with Crippen LogP contribution in [0.3, 0.4) is 0 Å². The molecule has 1 amide bonds. The highest BCUT2D eigenvalue weighted by Gasteiger charge is 2.33. The van der Waals surface area contributed by atoms with Crippen molar-refractivity contribution in [3.05, 3.63) is 23.8 Å². The zero-order valence-electron chi connectivity index (χ0n) is 10.7. The molecule has 1 saturated heterocycles. The molecule has 1 aromatic carbocycles. The maximum atomic E-state index is 11.7. The van der Waals surface area contributed by atoms with Gasteiger partial charge in [0.25, 0.3) is 11.7 Å². The van der Waals surface area contributed by atoms with Gasteiger partial charge >= 0.3 is 0 Å². The summed E-state index contributed by atoms with van der Waals surface area (Å²) in [4.78, 5) is 25.8. The Hall–Kier alpha value is -1.33. The Labute approximate surface area is 116 Å². The van der Waals surface area contributed by atoms with E-state index in [-0.39, 0.29) is 0 Å². The molecular weight excluding hydrogens is 262 g/mol. The molecule has 1 aromatic rings. The largest absolute Gasteiger partial charge is 0.377 e. The SMILES string of the molecule is CN1C(=O)C(=O)c2ccc(SCC3CCCO3)cc21. The molecule has 1 atom stereocenters. The Morgan fingerprint density at radius 1 is 1.42 bits per heavy atom. The Bertz CT molecular complexity index is 537. The molecule has 1 fully saturated rings. The third-order valence-corrected chi connectivity index (χ3v) is 4.66. The monoisotopic (exact) mass is 277 g/mol. The van der Waals surface area contributed by atoms with Crippen LogP contribution in [0.5, 0.6) is 0 Å². The number of carbonyl (C=O) groups excluding carboxylic acids is 2. The minimum Gasteiger partial charge on any atom is -0.377 e. The van der Waals surface area contributed by atoms with E-state index in [4.69, 9.17) is 4.74 Å². The van der Waals surface area contributed by atoms with Crippen molar-refractivity contribution < 1.29 is 14.3 Å². The number of likely N-dealkylation sites (N-methyl/N-ethyl adjacent to an activating group) is 1. The smallest absolute Gasteiger partial charge is 0.299 e. The summed E-state index contributed by atoms with van der Waals surface area (Å²) in [5, 5.41) is 0. The van der Waals surface area contributed by atoms with Crippen LogP contribution in [0, 0.1) is 0 Å². The van der Waals surface area contributed by atoms with Gasteiger partial charge in [-0.2, -0.15) is 0 Å². The maximum absolute atomic E-state index is 11.7. The Kier molecular flexibility index (Phi) is 3.33. The number of ether oxygens (including phenoxy) is 1. The molecule has 0 bridgehead atoms. The lowest BCUT2D eigenvalue weighted by Crippen LogP contribution is -2.24. The maximum Gasteiger partial charge on any atom is 0.299 e. The standard InChI is InChI=1S/C14H15NO3S/c1-15-12-7-10(19-8-9-3-2-6-18-9)4-5-11(12)13(16)14(15)17/h4-5,7,9H,2-3,6,8H2,1H3. The minimum absolute atomic E-state index is 0.333. The van der Waals surface area contributed by atoms with Crippen LogP contribution in [-0.4, -0.2) is 37.2 Å². The molecule has 0 radical (unpaired) electrons. The lowest BCUT2D eigenvalue weighted by Gasteiger charge is -2.12. The van der Waals surface area contributed by atoms with E-state index in [9.17, 15) is 9.59 Å². The van der Waals surface area contributed by atoms with Crippen LogP contribution in [0.2, 0.25) is 0 Å². The summed E-state index contributed by atoms with van der Waals surface area (Å²) in [6.07, 6.45) is 2.59. The molecule has 2 aliphatic rings. The Morgan fingerprint density at radius 2 is 2.26 bits per heavy atom. The normalized spacial score (nSPS) is 22.2. The molecule has 0 aliphatic carbocycles. The number of amides is 1. The highest BCUT2D eigenvalue weighted by atomic mass is 32.2. The van der Waals surface area contributed by atoms with E-state index in [1.165, 1.54) is 4.90 Å². The van der Waals surface area contributed by atoms with Gasteiger partial charge in [0.1, 0.15) is 0 Å². The molecule has 5 heteroatoms. The van der Waals surface area contributed by atoms with Gasteiger partial charge in [-0.15, -0.1) is 11.8 Å². The number of hydrogen-bond acceptors (Lipinski definition) is 4. The number of rotatable bonds is 3. The van der Waals surface area contributed by atoms with Gasteiger partial charge in [-0.3, -0.25) is 9.59 Å². The van der Waals surface area contributed by atoms with E-state index in [0.717, 1.165) is 30.1 Å². The molecule has 0 spiro atoms. The van der Waals surface area contributed by atoms with Crippen LogP contribution in [0.1, 0.15) is 23.2 Å². The third kappa shape index (κ3) is 2.28. The van der Waals surface area contributed by atoms with E-state index in [1.54, 1.807) is 24.9 Å². The molecule has 0 saturated carbocycles. The average Bonchev–Trinajstić information content (AvgIpc) is 3.01. The fourth-order valence-corrected chi connectivity index (χ4v) is 3.41. The molecule has 0 aromatic heterocycles. The first-order valence-corrected chi connectivity index (χ1v) is 7.36. The first-order valence-electron chi connectivity index (χ1n) is 6.37. The fraction of sp³-hybridized carbons (Fsp3) is 0.429. The van der Waals surface area contributed by atoms with E-state index in [0.29, 0.717) is 17.4 Å². The van der Waals surface area contributed by atoms with Crippen molar-refractivity contribution in [2.24, 2.45) is 0 Å². The highest BCUT2D eigenvalue weighted by Crippen LogP contribution is 2.33. The number of nitrogens with zero attached hydrogens (tertiary/aromatic N) is 1. The summed E-state index contributed by atoms with van der Waals surface area (Å²) in [5.41, 5.74) is 1.22. The zero-order valence-corrected chi connectivity index (χ0v) is 11.5. The number of ketones is 1. The Balaban J connectivity index is 1.75. The predicted octanol–water partition coefficient (Wildman–Crippen LogP) is 2.12. The van der Waals surface area contributed by atoms with Crippen molar-refractivity contribution >= 4 is 29.1 Å². The molecule has 3 rings (SSSR count). The number of hydrogen-bond donors (Lipinski definition) is 0. The van der Waals surface area contributed by atoms with Crippen molar-refractivity contribution in [2.75, 3.05) is 24.3 Å². The van der Waals surface area contributed by atoms with Gasteiger partial charge < -0.3 is 9.64 Å². The summed E-state index contributed by atoms with van der Waals surface area (Å²) >= 11 is 1.71. The number of anilines is 1. The van der Waals surface area contributed by atoms with Gasteiger partial charge in [0.2, 0.25) is 0 Å². The summed E-state index contributed by atoms with van der Waals surface area (Å²) in [6, 6.07) is 5.57. The average molecular weight is 277 g/mol. The van der Waals surface area contributed by atoms with Crippen LogP contribution < -0.4 is 4.90 Å². The number of fused-ring (bicyclic) bond motifs is 1. The van der Waals surface area contributed by atoms with Gasteiger partial charge in [0.15, 0.2) is 0 Å². The van der Waals surface area contributed by atoms with Gasteiger partial charge in [0, 0.05) is 24.3 Å².